The molecule has 0 radical (unpaired) electrons. The third-order valence-electron chi connectivity index (χ3n) is 3.32. The van der Waals surface area contributed by atoms with E-state index in [1.165, 1.54) is 36.8 Å². The quantitative estimate of drug-likeness (QED) is 0.699. The molecule has 0 aliphatic heterocycles. The van der Waals surface area contributed by atoms with E-state index in [9.17, 15) is 0 Å². The van der Waals surface area contributed by atoms with Crippen LogP contribution in [-0.4, -0.2) is 13.2 Å². The summed E-state index contributed by atoms with van der Waals surface area (Å²) in [6.45, 7) is 0. The van der Waals surface area contributed by atoms with Crippen LogP contribution < -0.4 is 0 Å². The zero-order chi connectivity index (χ0) is 11.2. The first-order chi connectivity index (χ1) is 7.90. The topological polar surface area (TPSA) is 9.23 Å². The van der Waals surface area contributed by atoms with Crippen molar-refractivity contribution in [1.29, 1.82) is 0 Å². The molecule has 1 aliphatic rings. The molecule has 1 aliphatic carbocycles. The van der Waals surface area contributed by atoms with Crippen molar-refractivity contribution in [3.8, 4) is 0 Å². The molecule has 0 aromatic heterocycles. The Balaban J connectivity index is 2.00. The van der Waals surface area contributed by atoms with Gasteiger partial charge in [0.25, 0.3) is 0 Å². The van der Waals surface area contributed by atoms with Crippen LogP contribution in [0.2, 0.25) is 0 Å². The molecular weight excluding hydrogens is 196 g/mol. The molecule has 16 heavy (non-hydrogen) atoms. The number of ether oxygens (including phenoxy) is 1. The molecule has 1 atom stereocenters. The molecule has 1 fully saturated rings. The Hall–Kier alpha value is -1.08. The van der Waals surface area contributed by atoms with Crippen LogP contribution >= 0.6 is 0 Å². The van der Waals surface area contributed by atoms with E-state index in [1.54, 1.807) is 0 Å². The van der Waals surface area contributed by atoms with Crippen LogP contribution in [0.3, 0.4) is 0 Å². The normalized spacial score (nSPS) is 23.6. The standard InChI is InChI=1S/C15H20O/c1-16-15-10-6-5-9-14(15)12-11-13-7-3-2-4-8-13/h2-4,7-8,12,15H,5-6,9-11H2,1H3/b14-12+. The summed E-state index contributed by atoms with van der Waals surface area (Å²) in [6.07, 6.45) is 8.81. The lowest BCUT2D eigenvalue weighted by Crippen LogP contribution is -2.18. The van der Waals surface area contributed by atoms with Crippen molar-refractivity contribution in [2.45, 2.75) is 38.2 Å². The van der Waals surface area contributed by atoms with Gasteiger partial charge in [-0.1, -0.05) is 42.8 Å². The Labute approximate surface area is 98.1 Å². The van der Waals surface area contributed by atoms with Crippen LogP contribution in [0.5, 0.6) is 0 Å². The third kappa shape index (κ3) is 2.96. The number of benzene rings is 1. The van der Waals surface area contributed by atoms with Gasteiger partial charge in [-0.2, -0.15) is 0 Å². The molecule has 0 spiro atoms. The highest BCUT2D eigenvalue weighted by Crippen LogP contribution is 2.26. The first-order valence-corrected chi connectivity index (χ1v) is 6.16. The SMILES string of the molecule is COC1CCCC/C1=C\Cc1ccccc1. The molecule has 1 aromatic carbocycles. The van der Waals surface area contributed by atoms with Gasteiger partial charge in [-0.05, 0) is 36.8 Å². The van der Waals surface area contributed by atoms with Gasteiger partial charge in [0, 0.05) is 7.11 Å². The van der Waals surface area contributed by atoms with E-state index >= 15 is 0 Å². The molecule has 0 bridgehead atoms. The smallest absolute Gasteiger partial charge is 0.0781 e. The Bertz CT molecular complexity index is 340. The van der Waals surface area contributed by atoms with Crippen molar-refractivity contribution in [1.82, 2.24) is 0 Å². The van der Waals surface area contributed by atoms with Crippen molar-refractivity contribution < 1.29 is 4.74 Å². The zero-order valence-electron chi connectivity index (χ0n) is 9.99. The van der Waals surface area contributed by atoms with Gasteiger partial charge in [0.05, 0.1) is 6.10 Å². The fraction of sp³-hybridized carbons (Fsp3) is 0.467. The maximum Gasteiger partial charge on any atom is 0.0781 e. The number of hydrogen-bond acceptors (Lipinski definition) is 1. The number of hydrogen-bond donors (Lipinski definition) is 0. The first kappa shape index (κ1) is 11.4. The van der Waals surface area contributed by atoms with E-state index in [1.807, 2.05) is 7.11 Å². The number of methoxy groups -OCH3 is 1. The molecule has 1 heteroatoms. The minimum absolute atomic E-state index is 0.373. The van der Waals surface area contributed by atoms with E-state index < -0.39 is 0 Å². The summed E-state index contributed by atoms with van der Waals surface area (Å²) in [5.41, 5.74) is 2.88. The van der Waals surface area contributed by atoms with Gasteiger partial charge in [-0.15, -0.1) is 0 Å². The summed E-state index contributed by atoms with van der Waals surface area (Å²) in [7, 11) is 1.83. The van der Waals surface area contributed by atoms with Gasteiger partial charge in [0.1, 0.15) is 0 Å². The molecular formula is C15H20O. The Morgan fingerprint density at radius 3 is 2.81 bits per heavy atom. The van der Waals surface area contributed by atoms with E-state index in [2.05, 4.69) is 36.4 Å². The van der Waals surface area contributed by atoms with E-state index in [0.717, 1.165) is 6.42 Å². The second kappa shape index (κ2) is 5.86. The van der Waals surface area contributed by atoms with Crippen LogP contribution in [-0.2, 0) is 11.2 Å². The third-order valence-corrected chi connectivity index (χ3v) is 3.32. The van der Waals surface area contributed by atoms with Gasteiger partial charge >= 0.3 is 0 Å². The molecule has 1 unspecified atom stereocenters. The van der Waals surface area contributed by atoms with Gasteiger partial charge in [0.2, 0.25) is 0 Å². The predicted octanol–water partition coefficient (Wildman–Crippen LogP) is 3.74. The van der Waals surface area contributed by atoms with Crippen LogP contribution in [0.4, 0.5) is 0 Å². The van der Waals surface area contributed by atoms with E-state index in [4.69, 9.17) is 4.74 Å². The fourth-order valence-corrected chi connectivity index (χ4v) is 2.37. The van der Waals surface area contributed by atoms with Gasteiger partial charge in [-0.25, -0.2) is 0 Å². The molecule has 1 aromatic rings. The Morgan fingerprint density at radius 1 is 1.25 bits per heavy atom. The molecule has 0 heterocycles. The van der Waals surface area contributed by atoms with Crippen LogP contribution in [0.15, 0.2) is 42.0 Å². The van der Waals surface area contributed by atoms with Crippen molar-refractivity contribution in [3.05, 3.63) is 47.5 Å². The highest BCUT2D eigenvalue weighted by molar-refractivity contribution is 5.21. The lowest BCUT2D eigenvalue weighted by atomic mass is 9.90. The summed E-state index contributed by atoms with van der Waals surface area (Å²) in [5.74, 6) is 0. The van der Waals surface area contributed by atoms with Crippen molar-refractivity contribution in [2.75, 3.05) is 7.11 Å². The molecule has 86 valence electrons. The van der Waals surface area contributed by atoms with E-state index in [-0.39, 0.29) is 0 Å². The van der Waals surface area contributed by atoms with Gasteiger partial charge < -0.3 is 4.74 Å². The van der Waals surface area contributed by atoms with Gasteiger partial charge in [-0.3, -0.25) is 0 Å². The molecule has 0 N–H and O–H groups in total. The van der Waals surface area contributed by atoms with E-state index in [0.29, 0.717) is 6.10 Å². The summed E-state index contributed by atoms with van der Waals surface area (Å²) >= 11 is 0. The summed E-state index contributed by atoms with van der Waals surface area (Å²) in [5, 5.41) is 0. The zero-order valence-corrected chi connectivity index (χ0v) is 9.99. The maximum atomic E-state index is 5.52. The van der Waals surface area contributed by atoms with Crippen molar-refractivity contribution in [2.24, 2.45) is 0 Å². The maximum absolute atomic E-state index is 5.52. The number of allylic oxidation sites excluding steroid dienone is 1. The second-order valence-electron chi connectivity index (χ2n) is 4.44. The van der Waals surface area contributed by atoms with Crippen LogP contribution in [0.25, 0.3) is 0 Å². The Morgan fingerprint density at radius 2 is 2.06 bits per heavy atom. The molecule has 0 saturated heterocycles. The average molecular weight is 216 g/mol. The minimum Gasteiger partial charge on any atom is -0.377 e. The summed E-state index contributed by atoms with van der Waals surface area (Å²) in [6, 6.07) is 10.6. The molecule has 1 saturated carbocycles. The monoisotopic (exact) mass is 216 g/mol. The number of rotatable bonds is 3. The highest BCUT2D eigenvalue weighted by atomic mass is 16.5. The largest absolute Gasteiger partial charge is 0.377 e. The molecule has 1 nitrogen and oxygen atoms in total. The minimum atomic E-state index is 0.373. The fourth-order valence-electron chi connectivity index (χ4n) is 2.37. The lowest BCUT2D eigenvalue weighted by Gasteiger charge is -2.24. The summed E-state index contributed by atoms with van der Waals surface area (Å²) < 4.78 is 5.52. The van der Waals surface area contributed by atoms with Crippen LogP contribution in [0.1, 0.15) is 31.2 Å². The average Bonchev–Trinajstić information content (AvgIpc) is 2.38. The highest BCUT2D eigenvalue weighted by Gasteiger charge is 2.17. The predicted molar refractivity (Wildman–Crippen MR) is 67.5 cm³/mol. The lowest BCUT2D eigenvalue weighted by molar-refractivity contribution is 0.109. The van der Waals surface area contributed by atoms with Gasteiger partial charge in [0.15, 0.2) is 0 Å². The molecule has 2 rings (SSSR count). The Kier molecular flexibility index (Phi) is 4.17. The second-order valence-corrected chi connectivity index (χ2v) is 4.44. The van der Waals surface area contributed by atoms with Crippen molar-refractivity contribution >= 4 is 0 Å². The van der Waals surface area contributed by atoms with Crippen molar-refractivity contribution in [3.63, 3.8) is 0 Å². The first-order valence-electron chi connectivity index (χ1n) is 6.16. The van der Waals surface area contributed by atoms with Crippen LogP contribution in [0, 0.1) is 0 Å². The molecule has 0 amide bonds. The summed E-state index contributed by atoms with van der Waals surface area (Å²) in [4.78, 5) is 0.